The van der Waals surface area contributed by atoms with E-state index in [1.807, 2.05) is 0 Å². The molecule has 0 spiro atoms. The van der Waals surface area contributed by atoms with Crippen molar-refractivity contribution in [3.05, 3.63) is 11.5 Å². The molecule has 0 aromatic carbocycles. The number of halogens is 1. The summed E-state index contributed by atoms with van der Waals surface area (Å²) in [6.45, 7) is 3.23. The molecule has 6 heteroatoms. The predicted molar refractivity (Wildman–Crippen MR) is 58.9 cm³/mol. The molecular weight excluding hydrogens is 214 g/mol. The summed E-state index contributed by atoms with van der Waals surface area (Å²) in [5, 5.41) is 10.7. The van der Waals surface area contributed by atoms with Crippen LogP contribution in [0.15, 0.2) is 6.20 Å². The molecule has 0 radical (unpaired) electrons. The number of aromatic nitrogens is 3. The Labute approximate surface area is 93.9 Å². The Morgan fingerprint density at radius 3 is 3.20 bits per heavy atom. The number of hydrogen-bond acceptors (Lipinski definition) is 5. The highest BCUT2D eigenvalue weighted by Crippen LogP contribution is 2.14. The fourth-order valence-electron chi connectivity index (χ4n) is 1.81. The number of anilines is 1. The monoisotopic (exact) mass is 227 g/mol. The third-order valence-electron chi connectivity index (χ3n) is 2.59. The molecule has 1 saturated heterocycles. The maximum Gasteiger partial charge on any atom is 0.244 e. The Morgan fingerprint density at radius 1 is 1.67 bits per heavy atom. The van der Waals surface area contributed by atoms with Gasteiger partial charge in [0.2, 0.25) is 5.28 Å². The summed E-state index contributed by atoms with van der Waals surface area (Å²) in [5.74, 6) is 1.38. The smallest absolute Gasteiger partial charge is 0.244 e. The maximum atomic E-state index is 5.63. The quantitative estimate of drug-likeness (QED) is 0.831. The lowest BCUT2D eigenvalue weighted by Crippen LogP contribution is -2.19. The van der Waals surface area contributed by atoms with Crippen molar-refractivity contribution in [2.24, 2.45) is 5.92 Å². The molecule has 0 saturated carbocycles. The van der Waals surface area contributed by atoms with Crippen molar-refractivity contribution in [2.45, 2.75) is 6.42 Å². The Bertz CT molecular complexity index is 332. The van der Waals surface area contributed by atoms with E-state index in [0.29, 0.717) is 11.7 Å². The summed E-state index contributed by atoms with van der Waals surface area (Å²) in [5.41, 5.74) is 0. The number of nitrogens with zero attached hydrogens (tertiary/aromatic N) is 4. The minimum atomic E-state index is 0.184. The first-order chi connectivity index (χ1) is 7.24. The van der Waals surface area contributed by atoms with Gasteiger partial charge in [0.05, 0.1) is 6.20 Å². The molecule has 2 heterocycles. The molecule has 1 unspecified atom stereocenters. The standard InChI is InChI=1S/C9H14ClN5/c1-15-3-2-7(6-15)4-11-8-5-12-14-9(10)13-8/h5,7H,2-4,6H2,1H3,(H,11,13,14). The van der Waals surface area contributed by atoms with E-state index in [2.05, 4.69) is 32.4 Å². The highest BCUT2D eigenvalue weighted by atomic mass is 35.5. The molecule has 1 atom stereocenters. The van der Waals surface area contributed by atoms with Crippen molar-refractivity contribution < 1.29 is 0 Å². The summed E-state index contributed by atoms with van der Waals surface area (Å²) in [6, 6.07) is 0. The van der Waals surface area contributed by atoms with E-state index in [1.165, 1.54) is 13.0 Å². The minimum Gasteiger partial charge on any atom is -0.368 e. The van der Waals surface area contributed by atoms with Gasteiger partial charge >= 0.3 is 0 Å². The van der Waals surface area contributed by atoms with Crippen LogP contribution in [0.4, 0.5) is 5.82 Å². The molecule has 1 fully saturated rings. The fourth-order valence-corrected chi connectivity index (χ4v) is 1.94. The van der Waals surface area contributed by atoms with Gasteiger partial charge in [-0.2, -0.15) is 10.1 Å². The molecule has 1 aliphatic rings. The largest absolute Gasteiger partial charge is 0.368 e. The van der Waals surface area contributed by atoms with Crippen molar-refractivity contribution in [3.63, 3.8) is 0 Å². The zero-order valence-corrected chi connectivity index (χ0v) is 9.41. The van der Waals surface area contributed by atoms with E-state index in [9.17, 15) is 0 Å². The number of likely N-dealkylation sites (tertiary alicyclic amines) is 1. The van der Waals surface area contributed by atoms with Crippen LogP contribution in [0.1, 0.15) is 6.42 Å². The predicted octanol–water partition coefficient (Wildman–Crippen LogP) is 0.889. The first kappa shape index (κ1) is 10.6. The summed E-state index contributed by atoms with van der Waals surface area (Å²) in [6.07, 6.45) is 2.82. The molecule has 1 N–H and O–H groups in total. The van der Waals surface area contributed by atoms with Gasteiger partial charge in [0.15, 0.2) is 0 Å². The first-order valence-corrected chi connectivity index (χ1v) is 5.39. The Balaban J connectivity index is 1.83. The summed E-state index contributed by atoms with van der Waals surface area (Å²) in [7, 11) is 2.14. The van der Waals surface area contributed by atoms with Gasteiger partial charge in [-0.25, -0.2) is 0 Å². The molecule has 1 aromatic rings. The molecule has 82 valence electrons. The zero-order chi connectivity index (χ0) is 10.7. The topological polar surface area (TPSA) is 53.9 Å². The third kappa shape index (κ3) is 3.00. The molecule has 0 bridgehead atoms. The lowest BCUT2D eigenvalue weighted by Gasteiger charge is -2.11. The van der Waals surface area contributed by atoms with Crippen molar-refractivity contribution >= 4 is 17.4 Å². The third-order valence-corrected chi connectivity index (χ3v) is 2.75. The average Bonchev–Trinajstić information content (AvgIpc) is 2.62. The van der Waals surface area contributed by atoms with Crippen LogP contribution in [-0.4, -0.2) is 46.8 Å². The summed E-state index contributed by atoms with van der Waals surface area (Å²) in [4.78, 5) is 6.35. The van der Waals surface area contributed by atoms with Crippen LogP contribution in [0, 0.1) is 5.92 Å². The van der Waals surface area contributed by atoms with Gasteiger partial charge in [0, 0.05) is 13.1 Å². The van der Waals surface area contributed by atoms with Crippen LogP contribution in [-0.2, 0) is 0 Å². The number of rotatable bonds is 3. The molecule has 0 aliphatic carbocycles. The molecule has 15 heavy (non-hydrogen) atoms. The van der Waals surface area contributed by atoms with Crippen molar-refractivity contribution in [2.75, 3.05) is 32.0 Å². The van der Waals surface area contributed by atoms with Crippen LogP contribution >= 0.6 is 11.6 Å². The average molecular weight is 228 g/mol. The first-order valence-electron chi connectivity index (χ1n) is 5.01. The molecule has 2 rings (SSSR count). The van der Waals surface area contributed by atoms with Crippen LogP contribution < -0.4 is 5.32 Å². The normalized spacial score (nSPS) is 21.9. The van der Waals surface area contributed by atoms with Crippen molar-refractivity contribution in [1.82, 2.24) is 20.1 Å². The summed E-state index contributed by atoms with van der Waals surface area (Å²) >= 11 is 5.63. The fraction of sp³-hybridized carbons (Fsp3) is 0.667. The van der Waals surface area contributed by atoms with Crippen LogP contribution in [0.25, 0.3) is 0 Å². The maximum absolute atomic E-state index is 5.63. The second-order valence-corrected chi connectivity index (χ2v) is 4.25. The van der Waals surface area contributed by atoms with E-state index in [-0.39, 0.29) is 5.28 Å². The van der Waals surface area contributed by atoms with Gasteiger partial charge in [-0.1, -0.05) is 0 Å². The van der Waals surface area contributed by atoms with Gasteiger partial charge in [-0.05, 0) is 37.5 Å². The lowest BCUT2D eigenvalue weighted by molar-refractivity contribution is 0.399. The van der Waals surface area contributed by atoms with E-state index in [1.54, 1.807) is 6.20 Å². The van der Waals surface area contributed by atoms with Crippen LogP contribution in [0.3, 0.4) is 0 Å². The van der Waals surface area contributed by atoms with Crippen molar-refractivity contribution in [1.29, 1.82) is 0 Å². The highest BCUT2D eigenvalue weighted by molar-refractivity contribution is 6.28. The van der Waals surface area contributed by atoms with Gasteiger partial charge in [0.1, 0.15) is 5.82 Å². The molecule has 1 aliphatic heterocycles. The van der Waals surface area contributed by atoms with Crippen LogP contribution in [0.2, 0.25) is 5.28 Å². The molecule has 1 aromatic heterocycles. The zero-order valence-electron chi connectivity index (χ0n) is 8.65. The van der Waals surface area contributed by atoms with E-state index in [4.69, 9.17) is 11.6 Å². The minimum absolute atomic E-state index is 0.184. The number of hydrogen-bond donors (Lipinski definition) is 1. The molecule has 0 amide bonds. The lowest BCUT2D eigenvalue weighted by atomic mass is 10.1. The molecule has 5 nitrogen and oxygen atoms in total. The second kappa shape index (κ2) is 4.72. The van der Waals surface area contributed by atoms with E-state index >= 15 is 0 Å². The van der Waals surface area contributed by atoms with E-state index < -0.39 is 0 Å². The van der Waals surface area contributed by atoms with Crippen molar-refractivity contribution in [3.8, 4) is 0 Å². The Hall–Kier alpha value is -0.940. The van der Waals surface area contributed by atoms with Gasteiger partial charge in [0.25, 0.3) is 0 Å². The van der Waals surface area contributed by atoms with Crippen LogP contribution in [0.5, 0.6) is 0 Å². The number of nitrogens with one attached hydrogen (secondary N) is 1. The van der Waals surface area contributed by atoms with Gasteiger partial charge in [-0.3, -0.25) is 0 Å². The Morgan fingerprint density at radius 2 is 2.53 bits per heavy atom. The van der Waals surface area contributed by atoms with Gasteiger partial charge in [-0.15, -0.1) is 5.10 Å². The molecular formula is C9H14ClN5. The Kier molecular flexibility index (Phi) is 3.33. The second-order valence-electron chi connectivity index (χ2n) is 3.91. The SMILES string of the molecule is CN1CCC(CNc2cnnc(Cl)n2)C1. The van der Waals surface area contributed by atoms with Gasteiger partial charge < -0.3 is 10.2 Å². The van der Waals surface area contributed by atoms with E-state index in [0.717, 1.165) is 13.1 Å². The highest BCUT2D eigenvalue weighted by Gasteiger charge is 2.18. The summed E-state index contributed by atoms with van der Waals surface area (Å²) < 4.78 is 0.